The molecule has 4 nitrogen and oxygen atoms in total. The van der Waals surface area contributed by atoms with Crippen molar-refractivity contribution in [3.63, 3.8) is 0 Å². The highest BCUT2D eigenvalue weighted by atomic mass is 35.5. The number of halogens is 3. The monoisotopic (exact) mass is 363 g/mol. The Kier molecular flexibility index (Phi) is 4.99. The molecule has 2 aromatic rings. The van der Waals surface area contributed by atoms with Crippen LogP contribution in [0.15, 0.2) is 53.6 Å². The molecule has 1 atom stereocenters. The number of benzene rings is 2. The van der Waals surface area contributed by atoms with Gasteiger partial charge in [0.2, 0.25) is 5.91 Å². The highest BCUT2D eigenvalue weighted by Gasteiger charge is 2.36. The molecular formula is C18H16ClF2N3O. The average Bonchev–Trinajstić information content (AvgIpc) is 2.99. The predicted octanol–water partition coefficient (Wildman–Crippen LogP) is 4.13. The van der Waals surface area contributed by atoms with E-state index in [1.807, 2.05) is 24.3 Å². The van der Waals surface area contributed by atoms with E-state index in [1.165, 1.54) is 5.01 Å². The molecule has 0 aliphatic carbocycles. The number of para-hydroxylation sites is 1. The van der Waals surface area contributed by atoms with E-state index < -0.39 is 24.0 Å². The summed E-state index contributed by atoms with van der Waals surface area (Å²) in [5.74, 6) is -1.46. The first kappa shape index (κ1) is 17.4. The largest absolute Gasteiger partial charge is 0.325 e. The molecule has 1 N–H and O–H groups in total. The van der Waals surface area contributed by atoms with Crippen LogP contribution < -0.4 is 5.32 Å². The van der Waals surface area contributed by atoms with E-state index in [0.717, 1.165) is 11.1 Å². The number of nitrogens with zero attached hydrogens (tertiary/aromatic N) is 2. The zero-order valence-corrected chi connectivity index (χ0v) is 14.2. The third-order valence-corrected chi connectivity index (χ3v) is 4.22. The summed E-state index contributed by atoms with van der Waals surface area (Å²) in [6.07, 6.45) is -2.76. The summed E-state index contributed by atoms with van der Waals surface area (Å²) in [6.45, 7) is 0.134. The van der Waals surface area contributed by atoms with Gasteiger partial charge in [-0.15, -0.1) is 0 Å². The molecule has 1 unspecified atom stereocenters. The van der Waals surface area contributed by atoms with Crippen LogP contribution in [0.2, 0.25) is 5.02 Å². The lowest BCUT2D eigenvalue weighted by atomic mass is 10.0. The van der Waals surface area contributed by atoms with Crippen LogP contribution in [0.1, 0.15) is 0 Å². The first-order valence-electron chi connectivity index (χ1n) is 7.69. The van der Waals surface area contributed by atoms with Crippen LogP contribution >= 0.6 is 11.6 Å². The summed E-state index contributed by atoms with van der Waals surface area (Å²) in [5.41, 5.74) is 1.81. The van der Waals surface area contributed by atoms with Crippen LogP contribution in [0.25, 0.3) is 11.1 Å². The van der Waals surface area contributed by atoms with E-state index >= 15 is 0 Å². The van der Waals surface area contributed by atoms with Crippen LogP contribution in [-0.4, -0.2) is 36.6 Å². The smallest absolute Gasteiger partial charge is 0.279 e. The SMILES string of the molecule is CN1CC(C(=O)Nc2ccccc2-c2ccc(Cl)cc2)C(C(F)F)=N1. The molecule has 0 aromatic heterocycles. The molecule has 0 fully saturated rings. The first-order chi connectivity index (χ1) is 12.0. The molecule has 7 heteroatoms. The maximum Gasteiger partial charge on any atom is 0.279 e. The lowest BCUT2D eigenvalue weighted by Gasteiger charge is -2.16. The molecule has 2 aromatic carbocycles. The second kappa shape index (κ2) is 7.19. The van der Waals surface area contributed by atoms with Gasteiger partial charge in [-0.1, -0.05) is 41.9 Å². The van der Waals surface area contributed by atoms with Gasteiger partial charge >= 0.3 is 0 Å². The average molecular weight is 364 g/mol. The molecule has 25 heavy (non-hydrogen) atoms. The third kappa shape index (κ3) is 3.79. The Balaban J connectivity index is 1.85. The van der Waals surface area contributed by atoms with Crippen molar-refractivity contribution in [3.8, 4) is 11.1 Å². The minimum Gasteiger partial charge on any atom is -0.325 e. The molecule has 1 amide bonds. The van der Waals surface area contributed by atoms with Crippen molar-refractivity contribution in [2.75, 3.05) is 18.9 Å². The topological polar surface area (TPSA) is 44.7 Å². The van der Waals surface area contributed by atoms with E-state index in [1.54, 1.807) is 31.3 Å². The maximum atomic E-state index is 13.1. The molecule has 130 valence electrons. The molecule has 0 bridgehead atoms. The van der Waals surface area contributed by atoms with Crippen molar-refractivity contribution in [1.29, 1.82) is 0 Å². The minimum absolute atomic E-state index is 0.134. The summed E-state index contributed by atoms with van der Waals surface area (Å²) in [7, 11) is 1.57. The second-order valence-corrected chi connectivity index (χ2v) is 6.20. The minimum atomic E-state index is -2.76. The quantitative estimate of drug-likeness (QED) is 0.887. The number of carbonyl (C=O) groups is 1. The van der Waals surface area contributed by atoms with Gasteiger partial charge in [0.25, 0.3) is 6.43 Å². The van der Waals surface area contributed by atoms with Gasteiger partial charge in [0.05, 0.1) is 6.54 Å². The molecule has 3 rings (SSSR count). The van der Waals surface area contributed by atoms with E-state index in [4.69, 9.17) is 11.6 Å². The van der Waals surface area contributed by atoms with Crippen LogP contribution in [0.5, 0.6) is 0 Å². The Morgan fingerprint density at radius 3 is 2.60 bits per heavy atom. The van der Waals surface area contributed by atoms with Crippen molar-refractivity contribution >= 4 is 28.9 Å². The van der Waals surface area contributed by atoms with Gasteiger partial charge in [-0.05, 0) is 23.8 Å². The molecule has 0 radical (unpaired) electrons. The Morgan fingerprint density at radius 2 is 1.92 bits per heavy atom. The van der Waals surface area contributed by atoms with Gasteiger partial charge in [-0.3, -0.25) is 9.80 Å². The highest BCUT2D eigenvalue weighted by molar-refractivity contribution is 6.30. The zero-order chi connectivity index (χ0) is 18.0. The lowest BCUT2D eigenvalue weighted by molar-refractivity contribution is -0.118. The molecule has 0 spiro atoms. The number of anilines is 1. The van der Waals surface area contributed by atoms with Gasteiger partial charge in [0.15, 0.2) is 0 Å². The fourth-order valence-corrected chi connectivity index (χ4v) is 2.90. The molecule has 0 saturated carbocycles. The van der Waals surface area contributed by atoms with Crippen molar-refractivity contribution in [1.82, 2.24) is 5.01 Å². The number of rotatable bonds is 4. The van der Waals surface area contributed by atoms with Crippen molar-refractivity contribution in [2.24, 2.45) is 11.0 Å². The Bertz CT molecular complexity index is 808. The first-order valence-corrected chi connectivity index (χ1v) is 8.07. The lowest BCUT2D eigenvalue weighted by Crippen LogP contribution is -2.34. The number of amides is 1. The number of hydrogen-bond acceptors (Lipinski definition) is 3. The summed E-state index contributed by atoms with van der Waals surface area (Å²) in [4.78, 5) is 12.5. The van der Waals surface area contributed by atoms with Crippen LogP contribution in [0, 0.1) is 5.92 Å². The Morgan fingerprint density at radius 1 is 1.24 bits per heavy atom. The van der Waals surface area contributed by atoms with Crippen LogP contribution in [0.4, 0.5) is 14.5 Å². The fraction of sp³-hybridized carbons (Fsp3) is 0.222. The summed E-state index contributed by atoms with van der Waals surface area (Å²) in [6, 6.07) is 14.4. The fourth-order valence-electron chi connectivity index (χ4n) is 2.77. The number of alkyl halides is 2. The van der Waals surface area contributed by atoms with E-state index in [-0.39, 0.29) is 6.54 Å². The number of hydrogen-bond donors (Lipinski definition) is 1. The molecule has 1 aliphatic heterocycles. The normalized spacial score (nSPS) is 16.9. The predicted molar refractivity (Wildman–Crippen MR) is 95.1 cm³/mol. The highest BCUT2D eigenvalue weighted by Crippen LogP contribution is 2.30. The Labute approximate surface area is 149 Å². The van der Waals surface area contributed by atoms with Crippen molar-refractivity contribution in [2.45, 2.75) is 6.43 Å². The van der Waals surface area contributed by atoms with Gasteiger partial charge in [0, 0.05) is 23.3 Å². The van der Waals surface area contributed by atoms with Gasteiger partial charge in [-0.25, -0.2) is 8.78 Å². The number of nitrogens with one attached hydrogen (secondary N) is 1. The van der Waals surface area contributed by atoms with E-state index in [9.17, 15) is 13.6 Å². The second-order valence-electron chi connectivity index (χ2n) is 5.76. The molecule has 1 aliphatic rings. The Hall–Kier alpha value is -2.47. The van der Waals surface area contributed by atoms with E-state index in [2.05, 4.69) is 10.4 Å². The van der Waals surface area contributed by atoms with Gasteiger partial charge < -0.3 is 5.32 Å². The number of hydrazone groups is 1. The number of carbonyl (C=O) groups excluding carboxylic acids is 1. The maximum absolute atomic E-state index is 13.1. The van der Waals surface area contributed by atoms with Gasteiger partial charge in [0.1, 0.15) is 11.6 Å². The molecule has 1 heterocycles. The molecule has 0 saturated heterocycles. The summed E-state index contributed by atoms with van der Waals surface area (Å²) in [5, 5.41) is 8.47. The van der Waals surface area contributed by atoms with Crippen molar-refractivity contribution < 1.29 is 13.6 Å². The van der Waals surface area contributed by atoms with Crippen LogP contribution in [-0.2, 0) is 4.79 Å². The summed E-state index contributed by atoms with van der Waals surface area (Å²) < 4.78 is 26.2. The molecular weight excluding hydrogens is 348 g/mol. The zero-order valence-electron chi connectivity index (χ0n) is 13.4. The van der Waals surface area contributed by atoms with Gasteiger partial charge in [-0.2, -0.15) is 5.10 Å². The summed E-state index contributed by atoms with van der Waals surface area (Å²) >= 11 is 5.91. The third-order valence-electron chi connectivity index (χ3n) is 3.97. The van der Waals surface area contributed by atoms with Crippen molar-refractivity contribution in [3.05, 3.63) is 53.6 Å². The van der Waals surface area contributed by atoms with Crippen LogP contribution in [0.3, 0.4) is 0 Å². The van der Waals surface area contributed by atoms with E-state index in [0.29, 0.717) is 10.7 Å². The standard InChI is InChI=1S/C18H16ClF2N3O/c1-24-10-14(16(23-24)17(20)21)18(25)22-15-5-3-2-4-13(15)11-6-8-12(19)9-7-11/h2-9,14,17H,10H2,1H3,(H,22,25).